The Labute approximate surface area is 154 Å². The van der Waals surface area contributed by atoms with Gasteiger partial charge in [-0.05, 0) is 45.0 Å². The van der Waals surface area contributed by atoms with Crippen LogP contribution < -0.4 is 10.2 Å². The van der Waals surface area contributed by atoms with Crippen LogP contribution >= 0.6 is 11.8 Å². The van der Waals surface area contributed by atoms with E-state index >= 15 is 0 Å². The van der Waals surface area contributed by atoms with Gasteiger partial charge in [-0.3, -0.25) is 14.5 Å². The summed E-state index contributed by atoms with van der Waals surface area (Å²) in [5.41, 5.74) is 0.0474. The smallest absolute Gasteiger partial charge is 0.250 e. The summed E-state index contributed by atoms with van der Waals surface area (Å²) in [6.45, 7) is 4.96. The topological polar surface area (TPSA) is 49.4 Å². The van der Waals surface area contributed by atoms with Crippen LogP contribution in [0.3, 0.4) is 0 Å². The Balaban J connectivity index is 1.93. The molecule has 0 spiro atoms. The van der Waals surface area contributed by atoms with Crippen LogP contribution in [0.2, 0.25) is 0 Å². The largest absolute Gasteiger partial charge is 0.322 e. The van der Waals surface area contributed by atoms with E-state index in [-0.39, 0.29) is 16.7 Å². The fraction of sp³-hybridized carbons (Fsp3) is 0.263. The highest BCUT2D eigenvalue weighted by molar-refractivity contribution is 8.00. The van der Waals surface area contributed by atoms with Crippen LogP contribution in [0.15, 0.2) is 47.4 Å². The minimum atomic E-state index is -1.10. The van der Waals surface area contributed by atoms with Crippen molar-refractivity contribution in [2.45, 2.75) is 36.5 Å². The van der Waals surface area contributed by atoms with Crippen molar-refractivity contribution < 1.29 is 18.4 Å². The highest BCUT2D eigenvalue weighted by Crippen LogP contribution is 2.39. The number of fused-ring (bicyclic) bond motifs is 1. The van der Waals surface area contributed by atoms with Crippen molar-refractivity contribution in [1.82, 2.24) is 0 Å². The van der Waals surface area contributed by atoms with Crippen molar-refractivity contribution in [2.75, 3.05) is 10.2 Å². The number of carbonyl (C=O) groups excluding carboxylic acids is 2. The highest BCUT2D eigenvalue weighted by atomic mass is 32.2. The van der Waals surface area contributed by atoms with Crippen LogP contribution in [0.5, 0.6) is 0 Å². The second-order valence-corrected chi connectivity index (χ2v) is 7.92. The number of para-hydroxylation sites is 2. The van der Waals surface area contributed by atoms with Crippen molar-refractivity contribution in [2.24, 2.45) is 0 Å². The third-order valence-corrected chi connectivity index (χ3v) is 5.41. The number of carbonyl (C=O) groups is 2. The van der Waals surface area contributed by atoms with E-state index in [1.807, 2.05) is 0 Å². The lowest BCUT2D eigenvalue weighted by Gasteiger charge is -2.43. The van der Waals surface area contributed by atoms with Crippen LogP contribution in [0.1, 0.15) is 20.8 Å². The molecule has 2 aromatic rings. The first-order chi connectivity index (χ1) is 12.2. The number of amides is 2. The summed E-state index contributed by atoms with van der Waals surface area (Å²) in [5, 5.41) is 2.12. The van der Waals surface area contributed by atoms with Crippen LogP contribution in [-0.4, -0.2) is 22.6 Å². The summed E-state index contributed by atoms with van der Waals surface area (Å²) >= 11 is 0.993. The van der Waals surface area contributed by atoms with E-state index in [9.17, 15) is 18.4 Å². The van der Waals surface area contributed by atoms with Gasteiger partial charge in [0.25, 0.3) is 0 Å². The molecule has 2 aromatic carbocycles. The van der Waals surface area contributed by atoms with Gasteiger partial charge < -0.3 is 5.32 Å². The molecule has 0 radical (unpaired) electrons. The molecule has 1 atom stereocenters. The van der Waals surface area contributed by atoms with E-state index in [4.69, 9.17) is 0 Å². The zero-order valence-corrected chi connectivity index (χ0v) is 15.4. The molecular weight excluding hydrogens is 358 g/mol. The molecule has 0 aliphatic carbocycles. The van der Waals surface area contributed by atoms with Crippen LogP contribution in [0.25, 0.3) is 0 Å². The molecule has 0 saturated carbocycles. The van der Waals surface area contributed by atoms with Crippen LogP contribution in [0, 0.1) is 11.6 Å². The van der Waals surface area contributed by atoms with E-state index in [2.05, 4.69) is 5.32 Å². The maximum atomic E-state index is 13.9. The third kappa shape index (κ3) is 3.19. The lowest BCUT2D eigenvalue weighted by atomic mass is 9.96. The zero-order valence-electron chi connectivity index (χ0n) is 14.5. The van der Waals surface area contributed by atoms with Gasteiger partial charge in [0.15, 0.2) is 0 Å². The first kappa shape index (κ1) is 18.4. The number of rotatable bonds is 3. The van der Waals surface area contributed by atoms with Crippen molar-refractivity contribution >= 4 is 35.0 Å². The number of hydrogen-bond donors (Lipinski definition) is 1. The first-order valence-corrected chi connectivity index (χ1v) is 8.96. The van der Waals surface area contributed by atoms with E-state index in [0.717, 1.165) is 23.9 Å². The summed E-state index contributed by atoms with van der Waals surface area (Å²) < 4.78 is 27.0. The van der Waals surface area contributed by atoms with Crippen molar-refractivity contribution in [1.29, 1.82) is 0 Å². The molecular formula is C19H18F2N2O2S. The molecule has 1 aliphatic rings. The Morgan fingerprint density at radius 1 is 1.19 bits per heavy atom. The minimum absolute atomic E-state index is 0.180. The molecule has 136 valence electrons. The van der Waals surface area contributed by atoms with Crippen LogP contribution in [-0.2, 0) is 9.59 Å². The summed E-state index contributed by atoms with van der Waals surface area (Å²) in [7, 11) is 0. The van der Waals surface area contributed by atoms with Crippen molar-refractivity contribution in [3.8, 4) is 0 Å². The molecule has 3 rings (SSSR count). The monoisotopic (exact) mass is 376 g/mol. The molecule has 2 amide bonds. The maximum Gasteiger partial charge on any atom is 0.250 e. The molecule has 0 unspecified atom stereocenters. The average molecular weight is 376 g/mol. The summed E-state index contributed by atoms with van der Waals surface area (Å²) in [6, 6.07) is 10.3. The first-order valence-electron chi connectivity index (χ1n) is 8.08. The molecule has 7 heteroatoms. The minimum Gasteiger partial charge on any atom is -0.322 e. The maximum absolute atomic E-state index is 13.9. The van der Waals surface area contributed by atoms with Gasteiger partial charge in [0.2, 0.25) is 11.8 Å². The normalized spacial score (nSPS) is 16.7. The molecule has 0 aromatic heterocycles. The van der Waals surface area contributed by atoms with Gasteiger partial charge in [0.05, 0.1) is 16.6 Å². The van der Waals surface area contributed by atoms with E-state index in [1.165, 1.54) is 11.0 Å². The second-order valence-electron chi connectivity index (χ2n) is 6.54. The molecule has 1 N–H and O–H groups in total. The lowest BCUT2D eigenvalue weighted by molar-refractivity contribution is -0.126. The fourth-order valence-electron chi connectivity index (χ4n) is 2.84. The second kappa shape index (κ2) is 6.72. The van der Waals surface area contributed by atoms with Crippen molar-refractivity contribution in [3.05, 3.63) is 54.1 Å². The van der Waals surface area contributed by atoms with E-state index < -0.39 is 22.4 Å². The number of nitrogens with zero attached hydrogens (tertiary/aromatic N) is 1. The number of benzene rings is 2. The number of hydrogen-bond acceptors (Lipinski definition) is 3. The summed E-state index contributed by atoms with van der Waals surface area (Å²) in [5.74, 6) is -2.01. The number of thioether (sulfide) groups is 1. The average Bonchev–Trinajstić information content (AvgIpc) is 2.57. The van der Waals surface area contributed by atoms with Gasteiger partial charge in [0, 0.05) is 11.0 Å². The zero-order chi connectivity index (χ0) is 19.1. The molecule has 1 aliphatic heterocycles. The quantitative estimate of drug-likeness (QED) is 0.817. The Morgan fingerprint density at radius 2 is 1.88 bits per heavy atom. The van der Waals surface area contributed by atoms with E-state index in [1.54, 1.807) is 45.0 Å². The highest BCUT2D eigenvalue weighted by Gasteiger charge is 2.44. The number of anilines is 2. The third-order valence-electron chi connectivity index (χ3n) is 4.27. The standard InChI is InChI=1S/C19H18F2N2O2S/c1-11(26-16-9-8-12(20)10-13(16)21)17(24)23-15-7-5-4-6-14(15)22-18(25)19(23,2)3/h4-11H,1-3H3,(H,22,25)/t11-/m1/s1. The number of nitrogens with one attached hydrogen (secondary N) is 1. The SMILES string of the molecule is C[C@@H](Sc1ccc(F)cc1F)C(=O)N1c2ccccc2NC(=O)C1(C)C. The molecule has 4 nitrogen and oxygen atoms in total. The Bertz CT molecular complexity index is 886. The molecule has 0 bridgehead atoms. The van der Waals surface area contributed by atoms with Gasteiger partial charge >= 0.3 is 0 Å². The van der Waals surface area contributed by atoms with E-state index in [0.29, 0.717) is 11.4 Å². The Morgan fingerprint density at radius 3 is 2.58 bits per heavy atom. The van der Waals surface area contributed by atoms with Gasteiger partial charge in [-0.15, -0.1) is 11.8 Å². The number of halogens is 2. The molecule has 0 saturated heterocycles. The fourth-order valence-corrected chi connectivity index (χ4v) is 3.75. The summed E-state index contributed by atoms with van der Waals surface area (Å²) in [6.07, 6.45) is 0. The predicted molar refractivity (Wildman–Crippen MR) is 98.3 cm³/mol. The Kier molecular flexibility index (Phi) is 4.75. The lowest BCUT2D eigenvalue weighted by Crippen LogP contribution is -2.60. The van der Waals surface area contributed by atoms with Gasteiger partial charge in [-0.25, -0.2) is 8.78 Å². The molecule has 1 heterocycles. The Hall–Kier alpha value is -2.41. The molecule has 0 fully saturated rings. The van der Waals surface area contributed by atoms with Crippen LogP contribution in [0.4, 0.5) is 20.2 Å². The summed E-state index contributed by atoms with van der Waals surface area (Å²) in [4.78, 5) is 27.2. The van der Waals surface area contributed by atoms with Gasteiger partial charge in [-0.1, -0.05) is 12.1 Å². The van der Waals surface area contributed by atoms with Gasteiger partial charge in [-0.2, -0.15) is 0 Å². The van der Waals surface area contributed by atoms with Crippen molar-refractivity contribution in [3.63, 3.8) is 0 Å². The molecule has 26 heavy (non-hydrogen) atoms. The van der Waals surface area contributed by atoms with Gasteiger partial charge in [0.1, 0.15) is 17.2 Å². The predicted octanol–water partition coefficient (Wildman–Crippen LogP) is 4.21.